The summed E-state index contributed by atoms with van der Waals surface area (Å²) in [4.78, 5) is 55.2. The van der Waals surface area contributed by atoms with Crippen LogP contribution < -0.4 is 5.32 Å². The quantitative estimate of drug-likeness (QED) is 0.706. The number of rotatable bonds is 6. The third-order valence-corrected chi connectivity index (χ3v) is 5.41. The number of benzene rings is 1. The fourth-order valence-electron chi connectivity index (χ4n) is 3.75. The number of nitrogens with one attached hydrogen (secondary N) is 1. The summed E-state index contributed by atoms with van der Waals surface area (Å²) in [6.07, 6.45) is 2.01. The van der Waals surface area contributed by atoms with E-state index >= 15 is 0 Å². The summed E-state index contributed by atoms with van der Waals surface area (Å²) < 4.78 is 0. The Balaban J connectivity index is 1.85. The Kier molecular flexibility index (Phi) is 6.85. The van der Waals surface area contributed by atoms with Crippen LogP contribution in [0, 0.1) is 0 Å². The van der Waals surface area contributed by atoms with Gasteiger partial charge in [0, 0.05) is 45.7 Å². The van der Waals surface area contributed by atoms with Gasteiger partial charge in [-0.15, -0.1) is 0 Å². The highest BCUT2D eigenvalue weighted by Crippen LogP contribution is 2.26. The fraction of sp³-hybridized carbons (Fsp3) is 0.524. The summed E-state index contributed by atoms with van der Waals surface area (Å²) in [6, 6.07) is 8.19. The van der Waals surface area contributed by atoms with Gasteiger partial charge in [-0.05, 0) is 12.0 Å². The van der Waals surface area contributed by atoms with Crippen molar-refractivity contribution >= 4 is 23.6 Å². The van der Waals surface area contributed by atoms with Crippen molar-refractivity contribution in [1.82, 2.24) is 20.0 Å². The van der Waals surface area contributed by atoms with E-state index in [9.17, 15) is 19.2 Å². The van der Waals surface area contributed by atoms with Crippen LogP contribution in [-0.2, 0) is 19.2 Å². The van der Waals surface area contributed by atoms with Gasteiger partial charge in [0.25, 0.3) is 0 Å². The number of piperazine rings is 1. The van der Waals surface area contributed by atoms with E-state index < -0.39 is 17.9 Å². The van der Waals surface area contributed by atoms with E-state index in [0.717, 1.165) is 12.8 Å². The molecule has 1 aromatic rings. The summed E-state index contributed by atoms with van der Waals surface area (Å²) >= 11 is 0. The molecule has 3 rings (SSSR count). The first-order valence-electron chi connectivity index (χ1n) is 10.2. The maximum absolute atomic E-state index is 13.4. The molecule has 2 aliphatic heterocycles. The molecule has 0 aromatic heterocycles. The van der Waals surface area contributed by atoms with Crippen LogP contribution in [0.15, 0.2) is 30.3 Å². The Morgan fingerprint density at radius 2 is 1.79 bits per heavy atom. The van der Waals surface area contributed by atoms with Crippen LogP contribution in [0.2, 0.25) is 0 Å². The van der Waals surface area contributed by atoms with Gasteiger partial charge >= 0.3 is 11.8 Å². The summed E-state index contributed by atoms with van der Waals surface area (Å²) in [5.74, 6) is -1.53. The van der Waals surface area contributed by atoms with Crippen molar-refractivity contribution in [3.63, 3.8) is 0 Å². The Bertz CT molecular complexity index is 767. The van der Waals surface area contributed by atoms with Crippen molar-refractivity contribution in [2.24, 2.45) is 0 Å². The Labute approximate surface area is 170 Å². The second kappa shape index (κ2) is 9.54. The summed E-state index contributed by atoms with van der Waals surface area (Å²) in [5.41, 5.74) is 0.671. The molecule has 156 valence electrons. The standard InChI is InChI=1S/C21H28N4O4/c1-2-3-11-23-14-15-25(21(29)20(23)28)18(16-7-5-4-6-8-16)19(27)24-12-9-17(26)22-10-13-24/h4-8,18H,2-3,9-15H2,1H3,(H,22,26)/t18-/m1/s1. The van der Waals surface area contributed by atoms with Crippen LogP contribution in [0.4, 0.5) is 0 Å². The van der Waals surface area contributed by atoms with Gasteiger partial charge in [0.1, 0.15) is 6.04 Å². The van der Waals surface area contributed by atoms with E-state index in [1.807, 2.05) is 25.1 Å². The minimum Gasteiger partial charge on any atom is -0.354 e. The highest BCUT2D eigenvalue weighted by Gasteiger charge is 2.41. The first-order valence-corrected chi connectivity index (χ1v) is 10.2. The molecule has 0 saturated carbocycles. The molecule has 2 saturated heterocycles. The van der Waals surface area contributed by atoms with Gasteiger partial charge in [0.2, 0.25) is 11.8 Å². The van der Waals surface area contributed by atoms with Crippen LogP contribution in [0.1, 0.15) is 37.8 Å². The lowest BCUT2D eigenvalue weighted by molar-refractivity contribution is -0.161. The van der Waals surface area contributed by atoms with Crippen molar-refractivity contribution in [2.75, 3.05) is 39.3 Å². The number of carbonyl (C=O) groups is 4. The smallest absolute Gasteiger partial charge is 0.313 e. The van der Waals surface area contributed by atoms with E-state index in [4.69, 9.17) is 0 Å². The topological polar surface area (TPSA) is 90.0 Å². The van der Waals surface area contributed by atoms with Gasteiger partial charge in [0.15, 0.2) is 0 Å². The molecule has 8 heteroatoms. The number of hydrogen-bond donors (Lipinski definition) is 1. The molecule has 0 aliphatic carbocycles. The third-order valence-electron chi connectivity index (χ3n) is 5.41. The molecular formula is C21H28N4O4. The number of nitrogens with zero attached hydrogens (tertiary/aromatic N) is 3. The maximum Gasteiger partial charge on any atom is 0.313 e. The molecule has 8 nitrogen and oxygen atoms in total. The molecular weight excluding hydrogens is 372 g/mol. The molecule has 2 fully saturated rings. The van der Waals surface area contributed by atoms with Gasteiger partial charge in [-0.1, -0.05) is 43.7 Å². The lowest BCUT2D eigenvalue weighted by Crippen LogP contribution is -2.57. The van der Waals surface area contributed by atoms with Crippen molar-refractivity contribution in [3.05, 3.63) is 35.9 Å². The van der Waals surface area contributed by atoms with E-state index in [1.54, 1.807) is 21.9 Å². The van der Waals surface area contributed by atoms with E-state index in [1.165, 1.54) is 4.90 Å². The first kappa shape index (κ1) is 20.8. The van der Waals surface area contributed by atoms with Crippen molar-refractivity contribution in [3.8, 4) is 0 Å². The average Bonchev–Trinajstić information content (AvgIpc) is 2.96. The number of hydrogen-bond acceptors (Lipinski definition) is 4. The van der Waals surface area contributed by atoms with Crippen LogP contribution in [0.5, 0.6) is 0 Å². The molecule has 0 radical (unpaired) electrons. The van der Waals surface area contributed by atoms with Crippen molar-refractivity contribution in [2.45, 2.75) is 32.2 Å². The zero-order chi connectivity index (χ0) is 20.8. The zero-order valence-corrected chi connectivity index (χ0v) is 16.8. The number of unbranched alkanes of at least 4 members (excludes halogenated alkanes) is 1. The maximum atomic E-state index is 13.4. The van der Waals surface area contributed by atoms with Crippen LogP contribution in [-0.4, -0.2) is 77.6 Å². The molecule has 1 N–H and O–H groups in total. The highest BCUT2D eigenvalue weighted by molar-refractivity contribution is 6.35. The predicted molar refractivity (Wildman–Crippen MR) is 107 cm³/mol. The van der Waals surface area contributed by atoms with E-state index in [2.05, 4.69) is 5.32 Å². The van der Waals surface area contributed by atoms with Gasteiger partial charge < -0.3 is 20.0 Å². The van der Waals surface area contributed by atoms with Gasteiger partial charge in [-0.2, -0.15) is 0 Å². The largest absolute Gasteiger partial charge is 0.354 e. The molecule has 1 atom stereocenters. The summed E-state index contributed by atoms with van der Waals surface area (Å²) in [7, 11) is 0. The number of amides is 4. The third kappa shape index (κ3) is 4.75. The summed E-state index contributed by atoms with van der Waals surface area (Å²) in [5, 5.41) is 2.75. The van der Waals surface area contributed by atoms with Crippen molar-refractivity contribution < 1.29 is 19.2 Å². The highest BCUT2D eigenvalue weighted by atomic mass is 16.2. The Morgan fingerprint density at radius 1 is 1.03 bits per heavy atom. The SMILES string of the molecule is CCCCN1CCN([C@@H](C(=O)N2CCNC(=O)CC2)c2ccccc2)C(=O)C1=O. The molecule has 2 aliphatic rings. The second-order valence-electron chi connectivity index (χ2n) is 7.38. The first-order chi connectivity index (χ1) is 14.0. The van der Waals surface area contributed by atoms with Crippen molar-refractivity contribution in [1.29, 1.82) is 0 Å². The second-order valence-corrected chi connectivity index (χ2v) is 7.38. The molecule has 29 heavy (non-hydrogen) atoms. The minimum atomic E-state index is -0.867. The Morgan fingerprint density at radius 3 is 2.52 bits per heavy atom. The average molecular weight is 400 g/mol. The normalized spacial score (nSPS) is 19.1. The van der Waals surface area contributed by atoms with Crippen LogP contribution in [0.3, 0.4) is 0 Å². The number of carbonyl (C=O) groups excluding carboxylic acids is 4. The minimum absolute atomic E-state index is 0.0904. The molecule has 0 spiro atoms. The van der Waals surface area contributed by atoms with E-state index in [0.29, 0.717) is 44.8 Å². The van der Waals surface area contributed by atoms with Crippen LogP contribution in [0.25, 0.3) is 0 Å². The molecule has 2 heterocycles. The van der Waals surface area contributed by atoms with Gasteiger partial charge in [-0.25, -0.2) is 0 Å². The predicted octanol–water partition coefficient (Wildman–Crippen LogP) is 0.547. The zero-order valence-electron chi connectivity index (χ0n) is 16.8. The van der Waals surface area contributed by atoms with Crippen LogP contribution >= 0.6 is 0 Å². The molecule has 1 aromatic carbocycles. The fourth-order valence-corrected chi connectivity index (χ4v) is 3.75. The molecule has 0 bridgehead atoms. The van der Waals surface area contributed by atoms with Gasteiger partial charge in [-0.3, -0.25) is 19.2 Å². The van der Waals surface area contributed by atoms with Gasteiger partial charge in [0.05, 0.1) is 0 Å². The summed E-state index contributed by atoms with van der Waals surface area (Å²) in [6.45, 7) is 4.38. The monoisotopic (exact) mass is 400 g/mol. The molecule has 4 amide bonds. The van der Waals surface area contributed by atoms with E-state index in [-0.39, 0.29) is 18.2 Å². The Hall–Kier alpha value is -2.90. The lowest BCUT2D eigenvalue weighted by Gasteiger charge is -2.39. The molecule has 0 unspecified atom stereocenters. The lowest BCUT2D eigenvalue weighted by atomic mass is 10.0.